The lowest BCUT2D eigenvalue weighted by atomic mass is 10.0. The third kappa shape index (κ3) is 3.20. The summed E-state index contributed by atoms with van der Waals surface area (Å²) in [5.41, 5.74) is -1.05. The van der Waals surface area contributed by atoms with Crippen molar-refractivity contribution in [3.05, 3.63) is 93.0 Å². The number of nitro benzene ring substituents is 1. The molecule has 5 nitrogen and oxygen atoms in total. The van der Waals surface area contributed by atoms with Crippen LogP contribution in [0.1, 0.15) is 11.1 Å². The first-order valence-electron chi connectivity index (χ1n) is 8.40. The van der Waals surface area contributed by atoms with Crippen LogP contribution in [0.3, 0.4) is 0 Å². The second-order valence-electron chi connectivity index (χ2n) is 6.28. The van der Waals surface area contributed by atoms with Gasteiger partial charge in [-0.15, -0.1) is 0 Å². The standard InChI is InChI=1S/C20H11F4N3O2/c21-12-3-1-4-13(22)10(12)9-11-17(27(28)29)8-7-16-19(11)26-20(25-16)18-14(23)5-2-6-15(18)24/h1-8H,9H2,(H,25,26). The molecule has 0 saturated carbocycles. The predicted octanol–water partition coefficient (Wildman–Crippen LogP) is 5.29. The van der Waals surface area contributed by atoms with Gasteiger partial charge in [0, 0.05) is 18.1 Å². The number of imidazole rings is 1. The van der Waals surface area contributed by atoms with Crippen molar-refractivity contribution in [2.24, 2.45) is 0 Å². The van der Waals surface area contributed by atoms with Gasteiger partial charge in [-0.05, 0) is 30.3 Å². The van der Waals surface area contributed by atoms with E-state index in [0.717, 1.165) is 30.3 Å². The number of aromatic amines is 1. The highest BCUT2D eigenvalue weighted by molar-refractivity contribution is 5.86. The summed E-state index contributed by atoms with van der Waals surface area (Å²) >= 11 is 0. The van der Waals surface area contributed by atoms with Crippen LogP contribution in [0.5, 0.6) is 0 Å². The molecule has 3 aromatic carbocycles. The average Bonchev–Trinajstić information content (AvgIpc) is 3.08. The molecule has 0 fully saturated rings. The molecule has 146 valence electrons. The maximum absolute atomic E-state index is 14.1. The van der Waals surface area contributed by atoms with E-state index >= 15 is 0 Å². The van der Waals surface area contributed by atoms with Crippen molar-refractivity contribution in [3.8, 4) is 11.4 Å². The number of aromatic nitrogens is 2. The van der Waals surface area contributed by atoms with Gasteiger partial charge < -0.3 is 4.98 Å². The Labute approximate surface area is 160 Å². The zero-order valence-corrected chi connectivity index (χ0v) is 14.5. The summed E-state index contributed by atoms with van der Waals surface area (Å²) in [7, 11) is 0. The van der Waals surface area contributed by atoms with Gasteiger partial charge in [-0.1, -0.05) is 12.1 Å². The van der Waals surface area contributed by atoms with E-state index in [2.05, 4.69) is 9.97 Å². The maximum atomic E-state index is 14.1. The van der Waals surface area contributed by atoms with Crippen molar-refractivity contribution in [1.29, 1.82) is 0 Å². The van der Waals surface area contributed by atoms with E-state index in [1.165, 1.54) is 18.2 Å². The number of hydrogen-bond donors (Lipinski definition) is 1. The summed E-state index contributed by atoms with van der Waals surface area (Å²) in [5, 5.41) is 11.5. The van der Waals surface area contributed by atoms with Crippen LogP contribution in [0.15, 0.2) is 48.5 Å². The molecule has 1 aromatic heterocycles. The molecule has 0 aliphatic heterocycles. The summed E-state index contributed by atoms with van der Waals surface area (Å²) in [6.07, 6.45) is -0.462. The third-order valence-electron chi connectivity index (χ3n) is 4.55. The van der Waals surface area contributed by atoms with E-state index in [0.29, 0.717) is 0 Å². The van der Waals surface area contributed by atoms with Gasteiger partial charge in [0.25, 0.3) is 5.69 Å². The Morgan fingerprint density at radius 2 is 1.45 bits per heavy atom. The van der Waals surface area contributed by atoms with Crippen LogP contribution < -0.4 is 0 Å². The molecule has 1 heterocycles. The van der Waals surface area contributed by atoms with Crippen molar-refractivity contribution in [2.45, 2.75) is 6.42 Å². The first-order chi connectivity index (χ1) is 13.9. The molecule has 0 saturated heterocycles. The van der Waals surface area contributed by atoms with E-state index in [9.17, 15) is 27.7 Å². The minimum atomic E-state index is -0.875. The van der Waals surface area contributed by atoms with Crippen LogP contribution in [-0.4, -0.2) is 14.9 Å². The molecule has 0 aliphatic carbocycles. The lowest BCUT2D eigenvalue weighted by Gasteiger charge is -2.07. The SMILES string of the molecule is O=[N+]([O-])c1ccc2[nH]c(-c3c(F)cccc3F)nc2c1Cc1c(F)cccc1F. The van der Waals surface area contributed by atoms with Crippen LogP contribution in [0.25, 0.3) is 22.4 Å². The first-order valence-corrected chi connectivity index (χ1v) is 8.40. The van der Waals surface area contributed by atoms with E-state index in [4.69, 9.17) is 0 Å². The van der Waals surface area contributed by atoms with Gasteiger partial charge in [-0.2, -0.15) is 0 Å². The Morgan fingerprint density at radius 1 is 0.862 bits per heavy atom. The summed E-state index contributed by atoms with van der Waals surface area (Å²) in [4.78, 5) is 17.6. The quantitative estimate of drug-likeness (QED) is 0.287. The lowest BCUT2D eigenvalue weighted by molar-refractivity contribution is -0.385. The van der Waals surface area contributed by atoms with Crippen LogP contribution in [0, 0.1) is 33.4 Å². The van der Waals surface area contributed by atoms with E-state index in [1.54, 1.807) is 0 Å². The monoisotopic (exact) mass is 401 g/mol. The Hall–Kier alpha value is -3.75. The van der Waals surface area contributed by atoms with Crippen LogP contribution in [-0.2, 0) is 6.42 Å². The summed E-state index contributed by atoms with van der Waals surface area (Å²) in [5.74, 6) is -3.67. The van der Waals surface area contributed by atoms with Gasteiger partial charge >= 0.3 is 0 Å². The van der Waals surface area contributed by atoms with Crippen molar-refractivity contribution >= 4 is 16.7 Å². The Morgan fingerprint density at radius 3 is 2.03 bits per heavy atom. The zero-order valence-electron chi connectivity index (χ0n) is 14.5. The van der Waals surface area contributed by atoms with Crippen LogP contribution in [0.4, 0.5) is 23.2 Å². The minimum Gasteiger partial charge on any atom is -0.338 e. The van der Waals surface area contributed by atoms with Crippen molar-refractivity contribution < 1.29 is 22.5 Å². The second kappa shape index (κ2) is 7.01. The summed E-state index contributed by atoms with van der Waals surface area (Å²) in [6.45, 7) is 0. The van der Waals surface area contributed by atoms with Crippen molar-refractivity contribution in [2.75, 3.05) is 0 Å². The predicted molar refractivity (Wildman–Crippen MR) is 97.3 cm³/mol. The molecule has 0 atom stereocenters. The zero-order chi connectivity index (χ0) is 20.7. The lowest BCUT2D eigenvalue weighted by Crippen LogP contribution is -2.02. The summed E-state index contributed by atoms with van der Waals surface area (Å²) < 4.78 is 56.5. The Kier molecular flexibility index (Phi) is 4.50. The third-order valence-corrected chi connectivity index (χ3v) is 4.55. The molecule has 29 heavy (non-hydrogen) atoms. The molecule has 4 aromatic rings. The maximum Gasteiger partial charge on any atom is 0.275 e. The second-order valence-corrected chi connectivity index (χ2v) is 6.28. The van der Waals surface area contributed by atoms with Gasteiger partial charge in [-0.25, -0.2) is 22.5 Å². The van der Waals surface area contributed by atoms with Gasteiger partial charge in [-0.3, -0.25) is 10.1 Å². The minimum absolute atomic E-state index is 0.000457. The Balaban J connectivity index is 1.96. The number of hydrogen-bond acceptors (Lipinski definition) is 3. The molecule has 0 amide bonds. The molecular weight excluding hydrogens is 390 g/mol. The van der Waals surface area contributed by atoms with E-state index in [1.807, 2.05) is 0 Å². The van der Waals surface area contributed by atoms with E-state index < -0.39 is 45.9 Å². The van der Waals surface area contributed by atoms with Gasteiger partial charge in [0.2, 0.25) is 0 Å². The number of fused-ring (bicyclic) bond motifs is 1. The normalized spacial score (nSPS) is 11.2. The molecule has 0 spiro atoms. The number of benzene rings is 3. The number of nitro groups is 1. The van der Waals surface area contributed by atoms with Gasteiger partial charge in [0.1, 0.15) is 29.1 Å². The highest BCUT2D eigenvalue weighted by Gasteiger charge is 2.24. The largest absolute Gasteiger partial charge is 0.338 e. The van der Waals surface area contributed by atoms with Crippen LogP contribution >= 0.6 is 0 Å². The molecule has 0 radical (unpaired) electrons. The highest BCUT2D eigenvalue weighted by Crippen LogP contribution is 2.33. The van der Waals surface area contributed by atoms with Crippen molar-refractivity contribution in [1.82, 2.24) is 9.97 Å². The number of H-pyrrole nitrogens is 1. The molecular formula is C20H11F4N3O2. The highest BCUT2D eigenvalue weighted by atomic mass is 19.1. The fourth-order valence-electron chi connectivity index (χ4n) is 3.19. The number of nitrogens with one attached hydrogen (secondary N) is 1. The molecule has 4 rings (SSSR count). The van der Waals surface area contributed by atoms with Gasteiger partial charge in [0.15, 0.2) is 0 Å². The molecule has 1 N–H and O–H groups in total. The fraction of sp³-hybridized carbons (Fsp3) is 0.0500. The Bertz CT molecular complexity index is 1230. The summed E-state index contributed by atoms with van der Waals surface area (Å²) in [6, 6.07) is 9.00. The smallest absolute Gasteiger partial charge is 0.275 e. The molecule has 0 unspecified atom stereocenters. The fourth-order valence-corrected chi connectivity index (χ4v) is 3.19. The number of halogens is 4. The first kappa shape index (κ1) is 18.6. The molecule has 9 heteroatoms. The van der Waals surface area contributed by atoms with Crippen molar-refractivity contribution in [3.63, 3.8) is 0 Å². The number of nitrogens with zero attached hydrogens (tertiary/aromatic N) is 2. The van der Waals surface area contributed by atoms with Gasteiger partial charge in [0.05, 0.1) is 27.1 Å². The van der Waals surface area contributed by atoms with Crippen LogP contribution in [0.2, 0.25) is 0 Å². The molecule has 0 aliphatic rings. The topological polar surface area (TPSA) is 71.8 Å². The average molecular weight is 401 g/mol. The van der Waals surface area contributed by atoms with E-state index in [-0.39, 0.29) is 28.0 Å². The number of rotatable bonds is 4. The molecule has 0 bridgehead atoms.